The zero-order chi connectivity index (χ0) is 16.8. The SMILES string of the molecule is Cc1ccc(C2C3=C(CCCC3=O)N=C3NC(=O)NC(=O)C32)cc1. The number of Topliss-reactive ketones (excluding diaryl/α,β-unsaturated/α-hetero) is 1. The Morgan fingerprint density at radius 1 is 1.00 bits per heavy atom. The van der Waals surface area contributed by atoms with Crippen LogP contribution in [0, 0.1) is 12.8 Å². The highest BCUT2D eigenvalue weighted by atomic mass is 16.2. The second-order valence-electron chi connectivity index (χ2n) is 6.44. The minimum absolute atomic E-state index is 0.0503. The number of carbonyl (C=O) groups excluding carboxylic acids is 3. The summed E-state index contributed by atoms with van der Waals surface area (Å²) >= 11 is 0. The highest BCUT2D eigenvalue weighted by Gasteiger charge is 2.46. The number of aryl methyl sites for hydroxylation is 1. The Hall–Kier alpha value is -2.76. The van der Waals surface area contributed by atoms with Crippen molar-refractivity contribution in [1.29, 1.82) is 0 Å². The summed E-state index contributed by atoms with van der Waals surface area (Å²) in [6.45, 7) is 1.99. The van der Waals surface area contributed by atoms with Crippen molar-refractivity contribution in [2.45, 2.75) is 32.1 Å². The molecule has 2 atom stereocenters. The van der Waals surface area contributed by atoms with Crippen molar-refractivity contribution in [3.05, 3.63) is 46.7 Å². The quantitative estimate of drug-likeness (QED) is 0.828. The third kappa shape index (κ3) is 2.26. The Kier molecular flexibility index (Phi) is 3.33. The maximum absolute atomic E-state index is 12.6. The van der Waals surface area contributed by atoms with Crippen LogP contribution in [-0.2, 0) is 9.59 Å². The van der Waals surface area contributed by atoms with Crippen molar-refractivity contribution in [1.82, 2.24) is 10.6 Å². The third-order valence-electron chi connectivity index (χ3n) is 4.82. The number of ketones is 1. The molecule has 0 spiro atoms. The van der Waals surface area contributed by atoms with Gasteiger partial charge in [0, 0.05) is 23.6 Å². The first-order valence-corrected chi connectivity index (χ1v) is 8.08. The second kappa shape index (κ2) is 5.40. The molecule has 2 heterocycles. The van der Waals surface area contributed by atoms with Gasteiger partial charge in [-0.25, -0.2) is 9.79 Å². The van der Waals surface area contributed by atoms with Crippen LogP contribution < -0.4 is 10.6 Å². The fourth-order valence-corrected chi connectivity index (χ4v) is 3.71. The molecular formula is C18H17N3O3. The number of hydrogen-bond donors (Lipinski definition) is 2. The summed E-state index contributed by atoms with van der Waals surface area (Å²) in [6.07, 6.45) is 1.92. The van der Waals surface area contributed by atoms with E-state index in [0.29, 0.717) is 29.9 Å². The van der Waals surface area contributed by atoms with E-state index in [4.69, 9.17) is 0 Å². The molecule has 24 heavy (non-hydrogen) atoms. The molecule has 6 heteroatoms. The van der Waals surface area contributed by atoms with Gasteiger partial charge in [0.1, 0.15) is 11.8 Å². The third-order valence-corrected chi connectivity index (χ3v) is 4.82. The van der Waals surface area contributed by atoms with Gasteiger partial charge >= 0.3 is 6.03 Å². The molecule has 3 amide bonds. The number of amidine groups is 1. The fourth-order valence-electron chi connectivity index (χ4n) is 3.71. The van der Waals surface area contributed by atoms with Crippen LogP contribution in [0.1, 0.15) is 36.3 Å². The zero-order valence-electron chi connectivity index (χ0n) is 13.3. The average molecular weight is 323 g/mol. The minimum Gasteiger partial charge on any atom is -0.295 e. The molecule has 1 aliphatic carbocycles. The number of urea groups is 1. The molecule has 6 nitrogen and oxygen atoms in total. The predicted octanol–water partition coefficient (Wildman–Crippen LogP) is 1.95. The fraction of sp³-hybridized carbons (Fsp3) is 0.333. The van der Waals surface area contributed by atoms with Gasteiger partial charge in [0.15, 0.2) is 5.78 Å². The minimum atomic E-state index is -0.675. The molecule has 0 aromatic heterocycles. The monoisotopic (exact) mass is 323 g/mol. The van der Waals surface area contributed by atoms with Crippen molar-refractivity contribution in [2.24, 2.45) is 10.9 Å². The molecule has 1 fully saturated rings. The molecule has 3 aliphatic rings. The van der Waals surface area contributed by atoms with Gasteiger partial charge in [0.25, 0.3) is 0 Å². The van der Waals surface area contributed by atoms with Gasteiger partial charge in [-0.15, -0.1) is 0 Å². The number of aliphatic imine (C=N–C) groups is 1. The van der Waals surface area contributed by atoms with Gasteiger partial charge < -0.3 is 0 Å². The standard InChI is InChI=1S/C18H17N3O3/c1-9-5-7-10(8-6-9)13-14-11(3-2-4-12(14)22)19-16-15(13)17(23)21-18(24)20-16/h5-8,13,15H,2-4H2,1H3,(H2,19,20,21,23,24). The number of amides is 3. The number of hydrogen-bond acceptors (Lipinski definition) is 4. The lowest BCUT2D eigenvalue weighted by Crippen LogP contribution is -2.58. The normalized spacial score (nSPS) is 26.2. The number of rotatable bonds is 1. The van der Waals surface area contributed by atoms with E-state index >= 15 is 0 Å². The molecule has 1 aromatic rings. The number of fused-ring (bicyclic) bond motifs is 1. The molecule has 0 bridgehead atoms. The van der Waals surface area contributed by atoms with Gasteiger partial charge in [-0.3, -0.25) is 20.2 Å². The lowest BCUT2D eigenvalue weighted by molar-refractivity contribution is -0.122. The summed E-state index contributed by atoms with van der Waals surface area (Å²) in [7, 11) is 0. The van der Waals surface area contributed by atoms with E-state index in [1.807, 2.05) is 31.2 Å². The average Bonchev–Trinajstić information content (AvgIpc) is 2.54. The molecule has 2 aliphatic heterocycles. The molecule has 2 unspecified atom stereocenters. The van der Waals surface area contributed by atoms with Crippen molar-refractivity contribution in [3.63, 3.8) is 0 Å². The highest BCUT2D eigenvalue weighted by molar-refractivity contribution is 6.20. The first kappa shape index (κ1) is 14.8. The Labute approximate surface area is 139 Å². The van der Waals surface area contributed by atoms with Crippen LogP contribution in [0.15, 0.2) is 40.5 Å². The molecule has 122 valence electrons. The van der Waals surface area contributed by atoms with E-state index < -0.39 is 23.8 Å². The second-order valence-corrected chi connectivity index (χ2v) is 6.44. The summed E-state index contributed by atoms with van der Waals surface area (Å²) in [4.78, 5) is 41.1. The highest BCUT2D eigenvalue weighted by Crippen LogP contribution is 2.43. The first-order chi connectivity index (χ1) is 11.5. The molecule has 1 saturated heterocycles. The number of carbonyl (C=O) groups is 3. The van der Waals surface area contributed by atoms with E-state index in [1.165, 1.54) is 0 Å². The lowest BCUT2D eigenvalue weighted by atomic mass is 9.72. The summed E-state index contributed by atoms with van der Waals surface area (Å²) in [5.41, 5.74) is 3.34. The van der Waals surface area contributed by atoms with Crippen LogP contribution >= 0.6 is 0 Å². The predicted molar refractivity (Wildman–Crippen MR) is 87.4 cm³/mol. The number of nitrogens with zero attached hydrogens (tertiary/aromatic N) is 1. The Morgan fingerprint density at radius 2 is 1.75 bits per heavy atom. The van der Waals surface area contributed by atoms with E-state index in [-0.39, 0.29) is 5.78 Å². The van der Waals surface area contributed by atoms with Crippen LogP contribution in [0.4, 0.5) is 4.79 Å². The topological polar surface area (TPSA) is 87.6 Å². The van der Waals surface area contributed by atoms with Gasteiger partial charge in [-0.05, 0) is 25.3 Å². The molecule has 0 saturated carbocycles. The molecule has 0 radical (unpaired) electrons. The van der Waals surface area contributed by atoms with Crippen LogP contribution in [-0.4, -0.2) is 23.6 Å². The maximum Gasteiger partial charge on any atom is 0.326 e. The van der Waals surface area contributed by atoms with Gasteiger partial charge in [0.2, 0.25) is 5.91 Å². The molecule has 4 rings (SSSR count). The first-order valence-electron chi connectivity index (χ1n) is 8.08. The van der Waals surface area contributed by atoms with Gasteiger partial charge in [0.05, 0.1) is 0 Å². The van der Waals surface area contributed by atoms with Crippen LogP contribution in [0.5, 0.6) is 0 Å². The Bertz CT molecular complexity index is 820. The molecule has 2 N–H and O–H groups in total. The van der Waals surface area contributed by atoms with Crippen molar-refractivity contribution in [2.75, 3.05) is 0 Å². The van der Waals surface area contributed by atoms with Gasteiger partial charge in [-0.1, -0.05) is 29.8 Å². The summed E-state index contributed by atoms with van der Waals surface area (Å²) < 4.78 is 0. The number of benzene rings is 1. The van der Waals surface area contributed by atoms with Crippen LogP contribution in [0.3, 0.4) is 0 Å². The van der Waals surface area contributed by atoms with Crippen molar-refractivity contribution in [3.8, 4) is 0 Å². The molecule has 1 aromatic carbocycles. The van der Waals surface area contributed by atoms with Crippen molar-refractivity contribution < 1.29 is 14.4 Å². The molecular weight excluding hydrogens is 306 g/mol. The largest absolute Gasteiger partial charge is 0.326 e. The summed E-state index contributed by atoms with van der Waals surface area (Å²) in [5.74, 6) is -1.09. The van der Waals surface area contributed by atoms with E-state index in [9.17, 15) is 14.4 Å². The van der Waals surface area contributed by atoms with Gasteiger partial charge in [-0.2, -0.15) is 0 Å². The number of nitrogens with one attached hydrogen (secondary N) is 2. The van der Waals surface area contributed by atoms with Crippen LogP contribution in [0.2, 0.25) is 0 Å². The number of imide groups is 1. The van der Waals surface area contributed by atoms with E-state index in [1.54, 1.807) is 0 Å². The zero-order valence-corrected chi connectivity index (χ0v) is 13.3. The maximum atomic E-state index is 12.6. The summed E-state index contributed by atoms with van der Waals surface area (Å²) in [6, 6.07) is 7.25. The number of allylic oxidation sites excluding steroid dienone is 2. The smallest absolute Gasteiger partial charge is 0.295 e. The van der Waals surface area contributed by atoms with E-state index in [0.717, 1.165) is 17.5 Å². The summed E-state index contributed by atoms with van der Waals surface area (Å²) in [5, 5.41) is 4.94. The Balaban J connectivity index is 1.90. The Morgan fingerprint density at radius 3 is 2.50 bits per heavy atom. The lowest BCUT2D eigenvalue weighted by Gasteiger charge is -2.37. The van der Waals surface area contributed by atoms with Crippen molar-refractivity contribution >= 4 is 23.6 Å². The van der Waals surface area contributed by atoms with Crippen LogP contribution in [0.25, 0.3) is 0 Å². The van der Waals surface area contributed by atoms with E-state index in [2.05, 4.69) is 15.6 Å².